The highest BCUT2D eigenvalue weighted by atomic mass is 32.1. The number of aryl methyl sites for hydroxylation is 1. The van der Waals surface area contributed by atoms with Crippen LogP contribution in [-0.2, 0) is 31.9 Å². The molecule has 0 atom stereocenters. The fraction of sp³-hybridized carbons (Fsp3) is 0.348. The molecule has 0 radical (unpaired) electrons. The maximum Gasteiger partial charge on any atom is 0.341 e. The summed E-state index contributed by atoms with van der Waals surface area (Å²) in [5.74, 6) is -4.18. The molecule has 0 unspecified atom stereocenters. The van der Waals surface area contributed by atoms with E-state index in [4.69, 9.17) is 9.47 Å². The van der Waals surface area contributed by atoms with Gasteiger partial charge in [-0.15, -0.1) is 11.3 Å². The Kier molecular flexibility index (Phi) is 7.10. The van der Waals surface area contributed by atoms with E-state index in [9.17, 15) is 34.1 Å². The summed E-state index contributed by atoms with van der Waals surface area (Å²) in [4.78, 5) is 74.3. The monoisotopic (exact) mass is 515 g/mol. The first-order valence-electron chi connectivity index (χ1n) is 11.1. The number of hydrogen-bond acceptors (Lipinski definition) is 10. The third kappa shape index (κ3) is 4.69. The molecule has 2 heterocycles. The van der Waals surface area contributed by atoms with E-state index in [0.717, 1.165) is 35.8 Å². The summed E-state index contributed by atoms with van der Waals surface area (Å²) in [7, 11) is 0. The minimum atomic E-state index is -1.06. The van der Waals surface area contributed by atoms with Gasteiger partial charge in [-0.1, -0.05) is 6.07 Å². The number of imide groups is 1. The Bertz CT molecular complexity index is 1300. The molecule has 4 rings (SSSR count). The molecule has 36 heavy (non-hydrogen) atoms. The first-order valence-corrected chi connectivity index (χ1v) is 11.9. The van der Waals surface area contributed by atoms with Gasteiger partial charge in [-0.05, 0) is 44.2 Å². The molecule has 0 spiro atoms. The van der Waals surface area contributed by atoms with Crippen molar-refractivity contribution in [3.8, 4) is 0 Å². The molecule has 12 nitrogen and oxygen atoms in total. The Morgan fingerprint density at radius 2 is 1.89 bits per heavy atom. The summed E-state index contributed by atoms with van der Waals surface area (Å²) < 4.78 is 10.1. The lowest BCUT2D eigenvalue weighted by molar-refractivity contribution is -0.385. The number of esters is 2. The van der Waals surface area contributed by atoms with E-state index in [1.807, 2.05) is 0 Å². The number of nitro benzene ring substituents is 1. The topological polar surface area (TPSA) is 162 Å². The van der Waals surface area contributed by atoms with Crippen molar-refractivity contribution in [3.63, 3.8) is 0 Å². The summed E-state index contributed by atoms with van der Waals surface area (Å²) in [6.45, 7) is 0.307. The third-order valence-electron chi connectivity index (χ3n) is 5.73. The number of nitrogens with one attached hydrogen (secondary N) is 1. The fourth-order valence-corrected chi connectivity index (χ4v) is 5.46. The van der Waals surface area contributed by atoms with Crippen molar-refractivity contribution in [1.29, 1.82) is 0 Å². The number of amides is 3. The van der Waals surface area contributed by atoms with Gasteiger partial charge in [0.05, 0.1) is 22.7 Å². The molecular weight excluding hydrogens is 494 g/mol. The quantitative estimate of drug-likeness (QED) is 0.241. The first kappa shape index (κ1) is 25.0. The first-order chi connectivity index (χ1) is 17.2. The van der Waals surface area contributed by atoms with Crippen LogP contribution in [0.25, 0.3) is 0 Å². The lowest BCUT2D eigenvalue weighted by atomic mass is 9.95. The number of nitrogens with zero attached hydrogens (tertiary/aromatic N) is 2. The molecule has 1 N–H and O–H groups in total. The smallest absolute Gasteiger partial charge is 0.341 e. The van der Waals surface area contributed by atoms with E-state index in [-0.39, 0.29) is 12.2 Å². The zero-order valence-corrected chi connectivity index (χ0v) is 20.0. The normalized spacial score (nSPS) is 14.2. The highest BCUT2D eigenvalue weighted by Gasteiger charge is 2.42. The van der Waals surface area contributed by atoms with Crippen LogP contribution in [0.1, 0.15) is 61.3 Å². The molecule has 2 aromatic rings. The van der Waals surface area contributed by atoms with Crippen LogP contribution in [0.4, 0.5) is 10.7 Å². The molecule has 3 amide bonds. The number of benzene rings is 1. The molecule has 0 saturated carbocycles. The second-order valence-corrected chi connectivity index (χ2v) is 9.10. The number of carbonyl (C=O) groups is 5. The van der Waals surface area contributed by atoms with Crippen LogP contribution in [0.3, 0.4) is 0 Å². The van der Waals surface area contributed by atoms with Gasteiger partial charge in [0.2, 0.25) is 0 Å². The number of ether oxygens (including phenoxy) is 2. The number of rotatable bonds is 8. The Hall–Kier alpha value is -4.13. The van der Waals surface area contributed by atoms with Crippen molar-refractivity contribution in [2.75, 3.05) is 25.1 Å². The molecule has 1 aromatic heterocycles. The number of carbonyl (C=O) groups excluding carboxylic acids is 5. The van der Waals surface area contributed by atoms with Crippen molar-refractivity contribution < 1.29 is 38.4 Å². The van der Waals surface area contributed by atoms with Gasteiger partial charge in [-0.3, -0.25) is 34.2 Å². The molecule has 1 aromatic carbocycles. The standard InChI is InChI=1S/C23H21N3O9S/c1-2-34-23(31)19-12-6-3-4-9-15(12)36-20(19)24-16(27)11-35-17(28)10-25-21(29)13-7-5-8-14(26(32)33)18(13)22(25)30/h5,7-8H,2-4,6,9-11H2,1H3,(H,24,27). The highest BCUT2D eigenvalue weighted by molar-refractivity contribution is 7.17. The number of nitro groups is 1. The Labute approximate surface area is 208 Å². The molecule has 2 aliphatic rings. The molecule has 1 aliphatic heterocycles. The van der Waals surface area contributed by atoms with Gasteiger partial charge < -0.3 is 14.8 Å². The van der Waals surface area contributed by atoms with Crippen LogP contribution in [-0.4, -0.2) is 59.2 Å². The van der Waals surface area contributed by atoms with E-state index in [1.165, 1.54) is 23.5 Å². The van der Waals surface area contributed by atoms with E-state index >= 15 is 0 Å². The summed E-state index contributed by atoms with van der Waals surface area (Å²) in [6, 6.07) is 3.60. The SMILES string of the molecule is CCOC(=O)c1c(NC(=O)COC(=O)CN2C(=O)c3cccc([N+](=O)[O-])c3C2=O)sc2c1CCCC2. The van der Waals surface area contributed by atoms with Crippen molar-refractivity contribution in [1.82, 2.24) is 4.90 Å². The third-order valence-corrected chi connectivity index (χ3v) is 6.94. The van der Waals surface area contributed by atoms with Crippen LogP contribution < -0.4 is 5.32 Å². The molecule has 0 saturated heterocycles. The zero-order chi connectivity index (χ0) is 26.0. The van der Waals surface area contributed by atoms with E-state index in [1.54, 1.807) is 6.92 Å². The number of hydrogen-bond donors (Lipinski definition) is 1. The van der Waals surface area contributed by atoms with Gasteiger partial charge in [-0.25, -0.2) is 4.79 Å². The summed E-state index contributed by atoms with van der Waals surface area (Å²) in [5.41, 5.74) is 0.0387. The maximum atomic E-state index is 12.6. The van der Waals surface area contributed by atoms with E-state index < -0.39 is 59.0 Å². The van der Waals surface area contributed by atoms with Crippen LogP contribution >= 0.6 is 11.3 Å². The van der Waals surface area contributed by atoms with Crippen molar-refractivity contribution in [2.45, 2.75) is 32.6 Å². The molecule has 0 fully saturated rings. The largest absolute Gasteiger partial charge is 0.462 e. The summed E-state index contributed by atoms with van der Waals surface area (Å²) in [6.07, 6.45) is 3.38. The number of anilines is 1. The van der Waals surface area contributed by atoms with Crippen molar-refractivity contribution in [3.05, 3.63) is 55.4 Å². The Morgan fingerprint density at radius 3 is 2.61 bits per heavy atom. The predicted molar refractivity (Wildman–Crippen MR) is 125 cm³/mol. The van der Waals surface area contributed by atoms with E-state index in [2.05, 4.69) is 5.32 Å². The zero-order valence-electron chi connectivity index (χ0n) is 19.2. The molecule has 188 valence electrons. The maximum absolute atomic E-state index is 12.6. The van der Waals surface area contributed by atoms with Crippen LogP contribution in [0.5, 0.6) is 0 Å². The number of thiophene rings is 1. The second kappa shape index (κ2) is 10.2. The average Bonchev–Trinajstić information content (AvgIpc) is 3.33. The Balaban J connectivity index is 1.39. The van der Waals surface area contributed by atoms with Crippen molar-refractivity contribution >= 4 is 51.7 Å². The van der Waals surface area contributed by atoms with Gasteiger partial charge in [0.25, 0.3) is 23.4 Å². The number of fused-ring (bicyclic) bond motifs is 2. The van der Waals surface area contributed by atoms with Crippen LogP contribution in [0, 0.1) is 10.1 Å². The van der Waals surface area contributed by atoms with Crippen LogP contribution in [0.2, 0.25) is 0 Å². The molecule has 1 aliphatic carbocycles. The van der Waals surface area contributed by atoms with Crippen LogP contribution in [0.15, 0.2) is 18.2 Å². The van der Waals surface area contributed by atoms with Gasteiger partial charge >= 0.3 is 11.9 Å². The van der Waals surface area contributed by atoms with E-state index in [0.29, 0.717) is 21.9 Å². The molecule has 0 bridgehead atoms. The lowest BCUT2D eigenvalue weighted by Gasteiger charge is -2.13. The molecular formula is C23H21N3O9S. The van der Waals surface area contributed by atoms with Gasteiger partial charge in [0.1, 0.15) is 17.1 Å². The van der Waals surface area contributed by atoms with Gasteiger partial charge in [-0.2, -0.15) is 0 Å². The highest BCUT2D eigenvalue weighted by Crippen LogP contribution is 2.38. The summed E-state index contributed by atoms with van der Waals surface area (Å²) >= 11 is 1.28. The summed E-state index contributed by atoms with van der Waals surface area (Å²) in [5, 5.41) is 14.1. The van der Waals surface area contributed by atoms with Gasteiger partial charge in [0.15, 0.2) is 6.61 Å². The minimum absolute atomic E-state index is 0.176. The van der Waals surface area contributed by atoms with Gasteiger partial charge in [0, 0.05) is 10.9 Å². The Morgan fingerprint density at radius 1 is 1.14 bits per heavy atom. The lowest BCUT2D eigenvalue weighted by Crippen LogP contribution is -2.36. The fourth-order valence-electron chi connectivity index (χ4n) is 4.17. The second-order valence-electron chi connectivity index (χ2n) is 8.00. The average molecular weight is 516 g/mol. The predicted octanol–water partition coefficient (Wildman–Crippen LogP) is 2.49. The molecule has 13 heteroatoms. The van der Waals surface area contributed by atoms with Crippen molar-refractivity contribution in [2.24, 2.45) is 0 Å². The minimum Gasteiger partial charge on any atom is -0.462 e.